The van der Waals surface area contributed by atoms with Crippen molar-refractivity contribution in [2.24, 2.45) is 5.92 Å². The third-order valence-corrected chi connectivity index (χ3v) is 4.77. The SMILES string of the molecule is CCCC1CCC(Nc2cccc(Br)c2)(C(=O)O)CC1. The van der Waals surface area contributed by atoms with Crippen LogP contribution in [0.4, 0.5) is 5.69 Å². The van der Waals surface area contributed by atoms with Gasteiger partial charge in [-0.05, 0) is 49.8 Å². The van der Waals surface area contributed by atoms with E-state index in [2.05, 4.69) is 28.2 Å². The van der Waals surface area contributed by atoms with Crippen LogP contribution in [0.5, 0.6) is 0 Å². The first-order chi connectivity index (χ1) is 9.55. The molecule has 0 unspecified atom stereocenters. The van der Waals surface area contributed by atoms with Crippen molar-refractivity contribution in [1.82, 2.24) is 0 Å². The summed E-state index contributed by atoms with van der Waals surface area (Å²) < 4.78 is 0.961. The number of carbonyl (C=O) groups is 1. The van der Waals surface area contributed by atoms with Crippen molar-refractivity contribution in [2.45, 2.75) is 51.0 Å². The summed E-state index contributed by atoms with van der Waals surface area (Å²) in [5.74, 6) is -0.0378. The van der Waals surface area contributed by atoms with E-state index in [0.29, 0.717) is 18.8 Å². The number of carboxylic acids is 1. The molecule has 1 fully saturated rings. The fraction of sp³-hybridized carbons (Fsp3) is 0.562. The van der Waals surface area contributed by atoms with E-state index >= 15 is 0 Å². The summed E-state index contributed by atoms with van der Waals surface area (Å²) in [5.41, 5.74) is 0.0705. The Balaban J connectivity index is 2.10. The lowest BCUT2D eigenvalue weighted by atomic mass is 9.75. The van der Waals surface area contributed by atoms with Crippen LogP contribution in [0.1, 0.15) is 45.4 Å². The van der Waals surface area contributed by atoms with Crippen molar-refractivity contribution in [3.8, 4) is 0 Å². The normalized spacial score (nSPS) is 26.2. The molecule has 1 saturated carbocycles. The van der Waals surface area contributed by atoms with Crippen LogP contribution in [-0.2, 0) is 4.79 Å². The van der Waals surface area contributed by atoms with E-state index in [4.69, 9.17) is 0 Å². The van der Waals surface area contributed by atoms with E-state index in [1.807, 2.05) is 24.3 Å². The van der Waals surface area contributed by atoms with Gasteiger partial charge in [-0.15, -0.1) is 0 Å². The predicted octanol–water partition coefficient (Wildman–Crippen LogP) is 4.67. The molecular weight excluding hydrogens is 318 g/mol. The van der Waals surface area contributed by atoms with Gasteiger partial charge < -0.3 is 10.4 Å². The van der Waals surface area contributed by atoms with Crippen LogP contribution in [0, 0.1) is 5.92 Å². The fourth-order valence-electron chi connectivity index (χ4n) is 3.10. The summed E-state index contributed by atoms with van der Waals surface area (Å²) in [7, 11) is 0. The van der Waals surface area contributed by atoms with E-state index in [-0.39, 0.29) is 0 Å². The van der Waals surface area contributed by atoms with E-state index in [0.717, 1.165) is 23.0 Å². The predicted molar refractivity (Wildman–Crippen MR) is 85.0 cm³/mol. The summed E-state index contributed by atoms with van der Waals surface area (Å²) in [6.45, 7) is 2.19. The highest BCUT2D eigenvalue weighted by atomic mass is 79.9. The molecule has 1 aromatic rings. The van der Waals surface area contributed by atoms with Gasteiger partial charge >= 0.3 is 5.97 Å². The second kappa shape index (κ2) is 6.61. The van der Waals surface area contributed by atoms with Crippen LogP contribution in [0.25, 0.3) is 0 Å². The molecule has 1 aliphatic carbocycles. The fourth-order valence-corrected chi connectivity index (χ4v) is 3.50. The van der Waals surface area contributed by atoms with Crippen molar-refractivity contribution in [1.29, 1.82) is 0 Å². The summed E-state index contributed by atoms with van der Waals surface area (Å²) in [6.07, 6.45) is 5.82. The highest BCUT2D eigenvalue weighted by Crippen LogP contribution is 2.37. The Labute approximate surface area is 128 Å². The first kappa shape index (κ1) is 15.4. The second-order valence-electron chi connectivity index (χ2n) is 5.75. The smallest absolute Gasteiger partial charge is 0.329 e. The van der Waals surface area contributed by atoms with Crippen LogP contribution in [-0.4, -0.2) is 16.6 Å². The van der Waals surface area contributed by atoms with Crippen LogP contribution >= 0.6 is 15.9 Å². The minimum atomic E-state index is -0.801. The molecular formula is C16H22BrNO2. The van der Waals surface area contributed by atoms with Gasteiger partial charge in [0, 0.05) is 10.2 Å². The Hall–Kier alpha value is -1.03. The van der Waals surface area contributed by atoms with Gasteiger partial charge in [-0.3, -0.25) is 0 Å². The lowest BCUT2D eigenvalue weighted by Gasteiger charge is -2.38. The van der Waals surface area contributed by atoms with E-state index < -0.39 is 11.5 Å². The maximum atomic E-state index is 11.8. The zero-order valence-electron chi connectivity index (χ0n) is 11.9. The van der Waals surface area contributed by atoms with Crippen LogP contribution in [0.15, 0.2) is 28.7 Å². The molecule has 0 heterocycles. The molecule has 110 valence electrons. The highest BCUT2D eigenvalue weighted by molar-refractivity contribution is 9.10. The molecule has 0 radical (unpaired) electrons. The van der Waals surface area contributed by atoms with Gasteiger partial charge in [-0.25, -0.2) is 4.79 Å². The third-order valence-electron chi connectivity index (χ3n) is 4.27. The van der Waals surface area contributed by atoms with E-state index in [9.17, 15) is 9.90 Å². The topological polar surface area (TPSA) is 49.3 Å². The molecule has 3 nitrogen and oxygen atoms in total. The zero-order valence-corrected chi connectivity index (χ0v) is 13.4. The monoisotopic (exact) mass is 339 g/mol. The average Bonchev–Trinajstić information content (AvgIpc) is 2.41. The lowest BCUT2D eigenvalue weighted by Crippen LogP contribution is -2.49. The first-order valence-electron chi connectivity index (χ1n) is 7.33. The Kier molecular flexibility index (Phi) is 5.08. The molecule has 0 aromatic heterocycles. The second-order valence-corrected chi connectivity index (χ2v) is 6.67. The van der Waals surface area contributed by atoms with Gasteiger partial charge in [0.05, 0.1) is 0 Å². The quantitative estimate of drug-likeness (QED) is 0.819. The number of benzene rings is 1. The molecule has 0 spiro atoms. The lowest BCUT2D eigenvalue weighted by molar-refractivity contribution is -0.143. The minimum Gasteiger partial charge on any atom is -0.480 e. The first-order valence-corrected chi connectivity index (χ1v) is 8.12. The van der Waals surface area contributed by atoms with E-state index in [1.165, 1.54) is 12.8 Å². The molecule has 2 N–H and O–H groups in total. The maximum Gasteiger partial charge on any atom is 0.329 e. The van der Waals surface area contributed by atoms with Crippen LogP contribution in [0.3, 0.4) is 0 Å². The van der Waals surface area contributed by atoms with E-state index in [1.54, 1.807) is 0 Å². The number of nitrogens with one attached hydrogen (secondary N) is 1. The molecule has 0 saturated heterocycles. The molecule has 0 amide bonds. The van der Waals surface area contributed by atoms with Crippen molar-refractivity contribution in [3.05, 3.63) is 28.7 Å². The average molecular weight is 340 g/mol. The van der Waals surface area contributed by atoms with Crippen molar-refractivity contribution >= 4 is 27.6 Å². The summed E-state index contributed by atoms with van der Waals surface area (Å²) in [4.78, 5) is 11.8. The molecule has 0 atom stereocenters. The number of aliphatic carboxylic acids is 1. The van der Waals surface area contributed by atoms with Gasteiger partial charge in [0.25, 0.3) is 0 Å². The number of hydrogen-bond acceptors (Lipinski definition) is 2. The Bertz CT molecular complexity index is 467. The minimum absolute atomic E-state index is 0.691. The molecule has 0 aliphatic heterocycles. The Morgan fingerprint density at radius 1 is 1.45 bits per heavy atom. The van der Waals surface area contributed by atoms with Gasteiger partial charge in [0.15, 0.2) is 0 Å². The molecule has 0 bridgehead atoms. The summed E-state index contributed by atoms with van der Waals surface area (Å²) in [6, 6.07) is 7.72. The van der Waals surface area contributed by atoms with Crippen molar-refractivity contribution in [2.75, 3.05) is 5.32 Å². The number of rotatable bonds is 5. The van der Waals surface area contributed by atoms with Crippen LogP contribution < -0.4 is 5.32 Å². The van der Waals surface area contributed by atoms with Crippen molar-refractivity contribution in [3.63, 3.8) is 0 Å². The van der Waals surface area contributed by atoms with Crippen molar-refractivity contribution < 1.29 is 9.90 Å². The van der Waals surface area contributed by atoms with Crippen LogP contribution in [0.2, 0.25) is 0 Å². The van der Waals surface area contributed by atoms with Gasteiger partial charge in [-0.2, -0.15) is 0 Å². The molecule has 1 aliphatic rings. The number of carboxylic acid groups (broad SMARTS) is 1. The highest BCUT2D eigenvalue weighted by Gasteiger charge is 2.41. The molecule has 4 heteroatoms. The summed E-state index contributed by atoms with van der Waals surface area (Å²) >= 11 is 3.42. The number of hydrogen-bond donors (Lipinski definition) is 2. The number of halogens is 1. The third kappa shape index (κ3) is 3.54. The van der Waals surface area contributed by atoms with Gasteiger partial charge in [0.2, 0.25) is 0 Å². The Morgan fingerprint density at radius 2 is 2.15 bits per heavy atom. The summed E-state index contributed by atoms with van der Waals surface area (Å²) in [5, 5.41) is 12.9. The molecule has 1 aromatic carbocycles. The molecule has 2 rings (SSSR count). The zero-order chi connectivity index (χ0) is 14.6. The maximum absolute atomic E-state index is 11.8. The van der Waals surface area contributed by atoms with Gasteiger partial charge in [0.1, 0.15) is 5.54 Å². The number of anilines is 1. The standard InChI is InChI=1S/C16H22BrNO2/c1-2-4-12-7-9-16(10-8-12,15(19)20)18-14-6-3-5-13(17)11-14/h3,5-6,11-12,18H,2,4,7-10H2,1H3,(H,19,20). The Morgan fingerprint density at radius 3 is 2.70 bits per heavy atom. The molecule has 20 heavy (non-hydrogen) atoms. The largest absolute Gasteiger partial charge is 0.480 e. The van der Waals surface area contributed by atoms with Gasteiger partial charge in [-0.1, -0.05) is 41.8 Å².